The van der Waals surface area contributed by atoms with Crippen molar-refractivity contribution in [3.63, 3.8) is 0 Å². The Kier molecular flexibility index (Phi) is 16.1. The second-order valence-corrected chi connectivity index (χ2v) is 17.3. The first-order chi connectivity index (χ1) is 35.5. The van der Waals surface area contributed by atoms with E-state index in [4.69, 9.17) is 14.3 Å². The fourth-order valence-electron chi connectivity index (χ4n) is 9.94. The predicted octanol–water partition coefficient (Wildman–Crippen LogP) is 11.3. The lowest BCUT2D eigenvalue weighted by Crippen LogP contribution is -2.48. The molecule has 0 amide bonds. The van der Waals surface area contributed by atoms with Crippen LogP contribution >= 0.6 is 0 Å². The number of hydrogen-bond donors (Lipinski definition) is 0. The Morgan fingerprint density at radius 2 is 0.722 bits per heavy atom. The summed E-state index contributed by atoms with van der Waals surface area (Å²) in [6.45, 7) is 5.43. The largest absolute Gasteiger partial charge is 0.871 e. The Bertz CT molecular complexity index is 3130. The summed E-state index contributed by atoms with van der Waals surface area (Å²) in [4.78, 5) is 11.6. The van der Waals surface area contributed by atoms with E-state index in [-0.39, 0.29) is 12.0 Å². The minimum absolute atomic E-state index is 0.159. The normalized spacial score (nSPS) is 11.1. The number of rotatable bonds is 14. The molecule has 0 spiro atoms. The highest BCUT2D eigenvalue weighted by atomic mass is 16.7. The van der Waals surface area contributed by atoms with Gasteiger partial charge >= 0.3 is 0 Å². The van der Waals surface area contributed by atoms with Gasteiger partial charge in [-0.3, -0.25) is 9.68 Å². The minimum Gasteiger partial charge on any atom is -0.871 e. The zero-order valence-electron chi connectivity index (χ0n) is 40.7. The summed E-state index contributed by atoms with van der Waals surface area (Å²) in [5.74, 6) is 0. The summed E-state index contributed by atoms with van der Waals surface area (Å²) in [6, 6.07) is 82.0. The van der Waals surface area contributed by atoms with Crippen molar-refractivity contribution in [2.45, 2.75) is 32.1 Å². The van der Waals surface area contributed by atoms with E-state index in [0.29, 0.717) is 19.6 Å². The van der Waals surface area contributed by atoms with Crippen molar-refractivity contribution >= 4 is 50.4 Å². The van der Waals surface area contributed by atoms with Gasteiger partial charge in [0, 0.05) is 45.7 Å². The standard InChI is InChI=1S/C22H21BO3.2C21H18NO/c24-23(25)26-18-10-17-22(19-11-4-1-5-12-19,20-13-6-2-7-14-20)21-15-8-3-9-16-21;2*1-2-23-22-14-8-7-13-20(22)21-18-11-5-3-9-16(18)15-17-10-4-6-12-19(17)21/h1-9,11-16H,10,17-18H2;2*3-15H,2H2,1H3/q-2;2*+1. The maximum atomic E-state index is 10.7. The quantitative estimate of drug-likeness (QED) is 0.0357. The zero-order chi connectivity index (χ0) is 49.5. The molecule has 0 saturated heterocycles. The van der Waals surface area contributed by atoms with Gasteiger partial charge in [0.15, 0.2) is 13.2 Å². The molecule has 0 atom stereocenters. The molecule has 2 heterocycles. The average molecular weight is 945 g/mol. The smallest absolute Gasteiger partial charge is 0.265 e. The van der Waals surface area contributed by atoms with Crippen LogP contribution in [0.1, 0.15) is 43.4 Å². The highest BCUT2D eigenvalue weighted by Crippen LogP contribution is 2.43. The molecule has 356 valence electrons. The molecule has 11 rings (SSSR count). The monoisotopic (exact) mass is 944 g/mol. The van der Waals surface area contributed by atoms with Gasteiger partial charge in [-0.2, -0.15) is 0 Å². The molecule has 2 aromatic heterocycles. The van der Waals surface area contributed by atoms with E-state index >= 15 is 0 Å². The second kappa shape index (κ2) is 23.6. The number of pyridine rings is 2. The van der Waals surface area contributed by atoms with Gasteiger partial charge in [-0.05, 0) is 111 Å². The first kappa shape index (κ1) is 48.9. The fraction of sp³-hybridized carbons (Fsp3) is 0.125. The number of nitrogens with zero attached hydrogens (tertiary/aromatic N) is 2. The fourth-order valence-corrected chi connectivity index (χ4v) is 9.94. The van der Waals surface area contributed by atoms with Crippen LogP contribution in [0.3, 0.4) is 0 Å². The molecular formula is C64H57BN2O5. The number of benzene rings is 9. The summed E-state index contributed by atoms with van der Waals surface area (Å²) in [5, 5.41) is 31.3. The molecule has 0 fully saturated rings. The van der Waals surface area contributed by atoms with Gasteiger partial charge < -0.3 is 14.7 Å². The van der Waals surface area contributed by atoms with Crippen LogP contribution in [0.15, 0.2) is 249 Å². The summed E-state index contributed by atoms with van der Waals surface area (Å²) < 4.78 is 8.47. The van der Waals surface area contributed by atoms with Crippen molar-refractivity contribution in [1.29, 1.82) is 0 Å². The Morgan fingerprint density at radius 1 is 0.403 bits per heavy atom. The van der Waals surface area contributed by atoms with E-state index in [1.165, 1.54) is 70.9 Å². The molecule has 11 aromatic rings. The summed E-state index contributed by atoms with van der Waals surface area (Å²) >= 11 is 0. The van der Waals surface area contributed by atoms with Gasteiger partial charge in [-0.15, -0.1) is 0 Å². The lowest BCUT2D eigenvalue weighted by atomic mass is 9.67. The van der Waals surface area contributed by atoms with Crippen molar-refractivity contribution in [2.24, 2.45) is 0 Å². The van der Waals surface area contributed by atoms with E-state index in [0.717, 1.165) is 17.8 Å². The van der Waals surface area contributed by atoms with E-state index in [1.807, 2.05) is 102 Å². The lowest BCUT2D eigenvalue weighted by Gasteiger charge is -2.37. The van der Waals surface area contributed by atoms with Crippen molar-refractivity contribution in [3.05, 3.63) is 266 Å². The van der Waals surface area contributed by atoms with Gasteiger partial charge in [0.1, 0.15) is 0 Å². The molecule has 7 nitrogen and oxygen atoms in total. The third kappa shape index (κ3) is 10.8. The summed E-state index contributed by atoms with van der Waals surface area (Å²) in [5.41, 5.74) is 7.74. The molecular weight excluding hydrogens is 888 g/mol. The van der Waals surface area contributed by atoms with Crippen LogP contribution in [0.5, 0.6) is 0 Å². The van der Waals surface area contributed by atoms with E-state index in [1.54, 1.807) is 0 Å². The van der Waals surface area contributed by atoms with Crippen LogP contribution in [0.2, 0.25) is 0 Å². The average Bonchev–Trinajstić information content (AvgIpc) is 3.43. The van der Waals surface area contributed by atoms with Crippen molar-refractivity contribution in [1.82, 2.24) is 0 Å². The van der Waals surface area contributed by atoms with Gasteiger partial charge in [0.2, 0.25) is 12.4 Å². The molecule has 8 heteroatoms. The van der Waals surface area contributed by atoms with E-state index in [2.05, 4.69) is 170 Å². The van der Waals surface area contributed by atoms with Crippen LogP contribution in [0, 0.1) is 0 Å². The minimum atomic E-state index is -2.23. The first-order valence-corrected chi connectivity index (χ1v) is 24.7. The molecule has 0 aliphatic rings. The molecule has 0 aliphatic heterocycles. The van der Waals surface area contributed by atoms with Gasteiger partial charge in [-0.25, -0.2) is 0 Å². The third-order valence-electron chi connectivity index (χ3n) is 13.0. The topological polar surface area (TPSA) is 81.6 Å². The maximum absolute atomic E-state index is 10.7. The van der Waals surface area contributed by atoms with Crippen molar-refractivity contribution in [3.8, 4) is 22.5 Å². The molecule has 0 saturated carbocycles. The number of aromatic nitrogens is 2. The lowest BCUT2D eigenvalue weighted by molar-refractivity contribution is -0.882. The van der Waals surface area contributed by atoms with Crippen LogP contribution in [0.25, 0.3) is 65.6 Å². The number of hydrogen-bond acceptors (Lipinski definition) is 5. The van der Waals surface area contributed by atoms with Crippen LogP contribution in [0.4, 0.5) is 0 Å². The summed E-state index contributed by atoms with van der Waals surface area (Å²) in [7, 11) is -2.23. The first-order valence-electron chi connectivity index (χ1n) is 24.7. The molecule has 0 N–H and O–H groups in total. The Morgan fingerprint density at radius 3 is 1.06 bits per heavy atom. The van der Waals surface area contributed by atoms with Crippen molar-refractivity contribution in [2.75, 3.05) is 19.8 Å². The van der Waals surface area contributed by atoms with Crippen LogP contribution < -0.4 is 29.2 Å². The molecule has 0 aliphatic carbocycles. The number of fused-ring (bicyclic) bond motifs is 4. The maximum Gasteiger partial charge on any atom is 0.265 e. The molecule has 0 unspecified atom stereocenters. The van der Waals surface area contributed by atoms with Gasteiger partial charge in [-0.1, -0.05) is 188 Å². The Hall–Kier alpha value is -8.14. The molecule has 0 bridgehead atoms. The molecule has 72 heavy (non-hydrogen) atoms. The van der Waals surface area contributed by atoms with Crippen molar-refractivity contribution < 1.29 is 33.8 Å². The van der Waals surface area contributed by atoms with E-state index < -0.39 is 7.32 Å². The molecule has 9 aromatic carbocycles. The third-order valence-corrected chi connectivity index (χ3v) is 13.0. The highest BCUT2D eigenvalue weighted by molar-refractivity contribution is 6.28. The van der Waals surface area contributed by atoms with Gasteiger partial charge in [0.05, 0.1) is 18.4 Å². The summed E-state index contributed by atoms with van der Waals surface area (Å²) in [6.07, 6.45) is 5.28. The molecule has 0 radical (unpaired) electrons. The Labute approximate surface area is 422 Å². The predicted molar refractivity (Wildman–Crippen MR) is 289 cm³/mol. The van der Waals surface area contributed by atoms with Gasteiger partial charge in [0.25, 0.3) is 11.4 Å². The Balaban J connectivity index is 0.000000134. The SMILES string of the molecule is CCO[n+]1ccccc1-c1c2ccccc2cc2ccccc12.CCO[n+]1ccccc1-c1c2ccccc2cc2ccccc12.[O-]B([O-])OCCCC(c1ccccc1)(c1ccccc1)c1ccccc1. The zero-order valence-corrected chi connectivity index (χ0v) is 40.7. The highest BCUT2D eigenvalue weighted by Gasteiger charge is 2.35. The van der Waals surface area contributed by atoms with E-state index in [9.17, 15) is 10.0 Å². The van der Waals surface area contributed by atoms with Crippen LogP contribution in [-0.2, 0) is 10.1 Å². The van der Waals surface area contributed by atoms with Crippen LogP contribution in [-0.4, -0.2) is 27.1 Å². The second-order valence-electron chi connectivity index (χ2n) is 17.3.